The average Bonchev–Trinajstić information content (AvgIpc) is 2.54. The van der Waals surface area contributed by atoms with Gasteiger partial charge in [-0.2, -0.15) is 0 Å². The lowest BCUT2D eigenvalue weighted by Gasteiger charge is -2.35. The average molecular weight is 330 g/mol. The maximum Gasteiger partial charge on any atom is 0.323 e. The van der Waals surface area contributed by atoms with E-state index in [4.69, 9.17) is 21.7 Å². The minimum atomic E-state index is -1.13. The number of aliphatic hydroxyl groups is 1. The first-order valence-corrected chi connectivity index (χ1v) is 8.22. The van der Waals surface area contributed by atoms with Crippen molar-refractivity contribution in [1.82, 2.24) is 10.6 Å². The van der Waals surface area contributed by atoms with Gasteiger partial charge < -0.3 is 32.3 Å². The Balaban J connectivity index is 2.30. The molecule has 0 bridgehead atoms. The summed E-state index contributed by atoms with van der Waals surface area (Å²) in [4.78, 5) is 22.9. The van der Waals surface area contributed by atoms with Crippen LogP contribution in [0.5, 0.6) is 0 Å². The first-order valence-electron chi connectivity index (χ1n) is 8.22. The van der Waals surface area contributed by atoms with E-state index < -0.39 is 24.7 Å². The normalized spacial score (nSPS) is 19.8. The number of nitrogens with two attached hydrogens (primary N) is 2. The van der Waals surface area contributed by atoms with E-state index in [2.05, 4.69) is 10.6 Å². The fraction of sp³-hybridized carbons (Fsp3) is 0.867. The molecule has 8 nitrogen and oxygen atoms in total. The van der Waals surface area contributed by atoms with Crippen LogP contribution in [0.3, 0.4) is 0 Å². The Labute approximate surface area is 137 Å². The van der Waals surface area contributed by atoms with Gasteiger partial charge in [-0.1, -0.05) is 19.3 Å². The van der Waals surface area contributed by atoms with Crippen molar-refractivity contribution in [3.8, 4) is 0 Å². The Hall–Kier alpha value is -1.22. The van der Waals surface area contributed by atoms with Crippen LogP contribution < -0.4 is 22.1 Å². The Morgan fingerprint density at radius 1 is 1.17 bits per heavy atom. The summed E-state index contributed by atoms with van der Waals surface area (Å²) < 4.78 is 0. The number of carboxylic acids is 1. The number of carboxylic acid groups (broad SMARTS) is 1. The van der Waals surface area contributed by atoms with Gasteiger partial charge in [0.2, 0.25) is 5.91 Å². The van der Waals surface area contributed by atoms with Crippen molar-refractivity contribution in [3.05, 3.63) is 0 Å². The molecule has 0 spiro atoms. The van der Waals surface area contributed by atoms with Crippen LogP contribution in [0.2, 0.25) is 0 Å². The predicted molar refractivity (Wildman–Crippen MR) is 86.7 cm³/mol. The fourth-order valence-electron chi connectivity index (χ4n) is 3.00. The summed E-state index contributed by atoms with van der Waals surface area (Å²) in [5.41, 5.74) is 11.6. The zero-order valence-corrected chi connectivity index (χ0v) is 13.6. The summed E-state index contributed by atoms with van der Waals surface area (Å²) in [6.07, 6.45) is 5.83. The topological polar surface area (TPSA) is 151 Å². The number of amides is 1. The molecular weight excluding hydrogens is 300 g/mol. The number of nitrogens with one attached hydrogen (secondary N) is 2. The molecule has 1 amide bonds. The molecule has 2 atom stereocenters. The highest BCUT2D eigenvalue weighted by Crippen LogP contribution is 2.38. The van der Waals surface area contributed by atoms with Crippen molar-refractivity contribution >= 4 is 11.9 Å². The van der Waals surface area contributed by atoms with Crippen LogP contribution in [0.25, 0.3) is 0 Å². The van der Waals surface area contributed by atoms with Crippen LogP contribution in [0, 0.1) is 5.41 Å². The third kappa shape index (κ3) is 6.82. The molecule has 134 valence electrons. The Morgan fingerprint density at radius 2 is 1.83 bits per heavy atom. The molecule has 0 aromatic heterocycles. The Kier molecular flexibility index (Phi) is 8.46. The molecule has 0 aromatic carbocycles. The zero-order valence-electron chi connectivity index (χ0n) is 13.6. The second kappa shape index (κ2) is 9.82. The summed E-state index contributed by atoms with van der Waals surface area (Å²) in [7, 11) is 0. The summed E-state index contributed by atoms with van der Waals surface area (Å²) >= 11 is 0. The molecule has 0 heterocycles. The quantitative estimate of drug-likeness (QED) is 0.293. The summed E-state index contributed by atoms with van der Waals surface area (Å²) in [5, 5.41) is 23.1. The number of aliphatic carboxylic acids is 1. The fourth-order valence-corrected chi connectivity index (χ4v) is 3.00. The van der Waals surface area contributed by atoms with Gasteiger partial charge in [0.15, 0.2) is 0 Å². The second-order valence-corrected chi connectivity index (χ2v) is 6.49. The van der Waals surface area contributed by atoms with E-state index in [0.29, 0.717) is 13.0 Å². The zero-order chi connectivity index (χ0) is 17.3. The molecule has 8 heteroatoms. The molecule has 1 saturated carbocycles. The van der Waals surface area contributed by atoms with Crippen molar-refractivity contribution in [2.24, 2.45) is 16.9 Å². The number of hydrogen-bond acceptors (Lipinski definition) is 6. The minimum Gasteiger partial charge on any atom is -0.480 e. The number of carbonyl (C=O) groups is 2. The van der Waals surface area contributed by atoms with Gasteiger partial charge in [-0.25, -0.2) is 0 Å². The van der Waals surface area contributed by atoms with Crippen LogP contribution in [0.4, 0.5) is 0 Å². The van der Waals surface area contributed by atoms with Crippen molar-refractivity contribution < 1.29 is 19.8 Å². The van der Waals surface area contributed by atoms with E-state index >= 15 is 0 Å². The largest absolute Gasteiger partial charge is 0.480 e. The van der Waals surface area contributed by atoms with Gasteiger partial charge in [-0.15, -0.1) is 0 Å². The minimum absolute atomic E-state index is 0.0651. The van der Waals surface area contributed by atoms with Crippen LogP contribution >= 0.6 is 0 Å². The smallest absolute Gasteiger partial charge is 0.323 e. The molecule has 1 aliphatic carbocycles. The highest BCUT2D eigenvalue weighted by atomic mass is 16.4. The number of aliphatic hydroxyl groups excluding tert-OH is 1. The van der Waals surface area contributed by atoms with Gasteiger partial charge in [-0.3, -0.25) is 9.59 Å². The van der Waals surface area contributed by atoms with E-state index in [1.807, 2.05) is 0 Å². The first-order chi connectivity index (χ1) is 10.9. The van der Waals surface area contributed by atoms with Crippen molar-refractivity contribution in [2.45, 2.75) is 50.6 Å². The summed E-state index contributed by atoms with van der Waals surface area (Å²) in [6, 6.07) is -1.47. The predicted octanol–water partition coefficient (Wildman–Crippen LogP) is -1.24. The van der Waals surface area contributed by atoms with Crippen molar-refractivity contribution in [1.29, 1.82) is 0 Å². The molecule has 0 radical (unpaired) electrons. The molecule has 0 unspecified atom stereocenters. The lowest BCUT2D eigenvalue weighted by Crippen LogP contribution is -2.49. The molecule has 23 heavy (non-hydrogen) atoms. The number of hydrogen-bond donors (Lipinski definition) is 6. The number of rotatable bonds is 10. The Bertz CT molecular complexity index is 386. The molecular formula is C15H30N4O4. The SMILES string of the molecule is NCC1(CC(=O)NC[C@H](N)CN[C@@H](CO)C(=O)O)CCCCC1. The van der Waals surface area contributed by atoms with Crippen LogP contribution in [-0.2, 0) is 9.59 Å². The van der Waals surface area contributed by atoms with Crippen LogP contribution in [0.15, 0.2) is 0 Å². The highest BCUT2D eigenvalue weighted by molar-refractivity contribution is 5.76. The second-order valence-electron chi connectivity index (χ2n) is 6.49. The first kappa shape index (κ1) is 19.8. The van der Waals surface area contributed by atoms with E-state index in [9.17, 15) is 9.59 Å². The third-order valence-electron chi connectivity index (χ3n) is 4.55. The van der Waals surface area contributed by atoms with Crippen LogP contribution in [-0.4, -0.2) is 60.4 Å². The van der Waals surface area contributed by atoms with Gasteiger partial charge in [0, 0.05) is 25.6 Å². The molecule has 1 aliphatic rings. The molecule has 8 N–H and O–H groups in total. The Morgan fingerprint density at radius 3 is 2.35 bits per heavy atom. The van der Waals surface area contributed by atoms with E-state index in [1.165, 1.54) is 6.42 Å². The van der Waals surface area contributed by atoms with E-state index in [-0.39, 0.29) is 24.4 Å². The summed E-state index contributed by atoms with van der Waals surface area (Å²) in [5.74, 6) is -1.20. The molecule has 1 fully saturated rings. The van der Waals surface area contributed by atoms with Gasteiger partial charge in [0.05, 0.1) is 6.61 Å². The lowest BCUT2D eigenvalue weighted by atomic mass is 9.71. The van der Waals surface area contributed by atoms with Crippen molar-refractivity contribution in [3.63, 3.8) is 0 Å². The van der Waals surface area contributed by atoms with Gasteiger partial charge in [0.25, 0.3) is 0 Å². The van der Waals surface area contributed by atoms with E-state index in [1.54, 1.807) is 0 Å². The standard InChI is InChI=1S/C15H30N4O4/c16-10-15(4-2-1-3-5-15)6-13(21)19-8-11(17)7-18-12(9-20)14(22)23/h11-12,18,20H,1-10,16-17H2,(H,19,21)(H,22,23)/t11-,12+/m1/s1. The van der Waals surface area contributed by atoms with Crippen LogP contribution in [0.1, 0.15) is 38.5 Å². The molecule has 0 saturated heterocycles. The lowest BCUT2D eigenvalue weighted by molar-refractivity contribution is -0.140. The molecule has 0 aromatic rings. The molecule has 1 rings (SSSR count). The molecule has 0 aliphatic heterocycles. The number of carbonyl (C=O) groups excluding carboxylic acids is 1. The highest BCUT2D eigenvalue weighted by Gasteiger charge is 2.32. The van der Waals surface area contributed by atoms with Gasteiger partial charge in [0.1, 0.15) is 6.04 Å². The van der Waals surface area contributed by atoms with Gasteiger partial charge >= 0.3 is 5.97 Å². The van der Waals surface area contributed by atoms with Crippen molar-refractivity contribution in [2.75, 3.05) is 26.2 Å². The van der Waals surface area contributed by atoms with Gasteiger partial charge in [-0.05, 0) is 24.8 Å². The maximum absolute atomic E-state index is 12.1. The van der Waals surface area contributed by atoms with E-state index in [0.717, 1.165) is 25.7 Å². The monoisotopic (exact) mass is 330 g/mol. The maximum atomic E-state index is 12.1. The summed E-state index contributed by atoms with van der Waals surface area (Å²) in [6.45, 7) is 0.461. The third-order valence-corrected chi connectivity index (χ3v) is 4.55.